The minimum Gasteiger partial charge on any atom is -0.469 e. The summed E-state index contributed by atoms with van der Waals surface area (Å²) in [7, 11) is 0. The van der Waals surface area contributed by atoms with Crippen LogP contribution < -0.4 is 10.6 Å². The predicted molar refractivity (Wildman–Crippen MR) is 112 cm³/mol. The van der Waals surface area contributed by atoms with E-state index >= 15 is 0 Å². The number of fused-ring (bicyclic) bond motifs is 1. The molecule has 2 amide bonds. The Balaban J connectivity index is 1.40. The van der Waals surface area contributed by atoms with Crippen molar-refractivity contribution in [1.29, 1.82) is 0 Å². The molecule has 5 nitrogen and oxygen atoms in total. The first-order valence-electron chi connectivity index (χ1n) is 10.2. The van der Waals surface area contributed by atoms with Crippen LogP contribution in [0.3, 0.4) is 0 Å². The summed E-state index contributed by atoms with van der Waals surface area (Å²) in [5.74, 6) is 0.944. The number of hydrogen-bond acceptors (Lipinski definition) is 3. The van der Waals surface area contributed by atoms with Crippen LogP contribution in [0.25, 0.3) is 10.8 Å². The van der Waals surface area contributed by atoms with Gasteiger partial charge in [-0.25, -0.2) is 0 Å². The molecule has 0 saturated carbocycles. The Morgan fingerprint density at radius 3 is 2.76 bits per heavy atom. The minimum absolute atomic E-state index is 0.00926. The maximum atomic E-state index is 12.4. The van der Waals surface area contributed by atoms with Gasteiger partial charge in [-0.15, -0.1) is 0 Å². The number of furan rings is 1. The Morgan fingerprint density at radius 1 is 1.10 bits per heavy atom. The summed E-state index contributed by atoms with van der Waals surface area (Å²) >= 11 is 0. The van der Waals surface area contributed by atoms with Gasteiger partial charge in [-0.1, -0.05) is 42.5 Å². The summed E-state index contributed by atoms with van der Waals surface area (Å²) in [5, 5.41) is 8.54. The van der Waals surface area contributed by atoms with E-state index in [1.54, 1.807) is 6.26 Å². The molecule has 1 saturated heterocycles. The van der Waals surface area contributed by atoms with Gasteiger partial charge in [-0.2, -0.15) is 0 Å². The molecule has 1 fully saturated rings. The number of carbonyl (C=O) groups excluding carboxylic acids is 2. The van der Waals surface area contributed by atoms with Crippen LogP contribution in [0.5, 0.6) is 0 Å². The van der Waals surface area contributed by atoms with E-state index in [1.165, 1.54) is 16.3 Å². The molecule has 2 heterocycles. The van der Waals surface area contributed by atoms with Crippen LogP contribution in [0.1, 0.15) is 37.0 Å². The zero-order valence-corrected chi connectivity index (χ0v) is 16.4. The third-order valence-electron chi connectivity index (χ3n) is 5.75. The molecule has 2 aromatic carbocycles. The normalized spacial score (nSPS) is 18.7. The van der Waals surface area contributed by atoms with E-state index in [-0.39, 0.29) is 17.4 Å². The molecule has 1 aliphatic rings. The molecule has 0 aliphatic carbocycles. The maximum Gasteiger partial charge on any atom is 0.220 e. The zero-order valence-electron chi connectivity index (χ0n) is 16.4. The molecule has 5 heteroatoms. The highest BCUT2D eigenvalue weighted by atomic mass is 16.3. The fourth-order valence-corrected chi connectivity index (χ4v) is 4.21. The van der Waals surface area contributed by atoms with Crippen molar-refractivity contribution >= 4 is 22.6 Å². The first-order chi connectivity index (χ1) is 14.1. The number of amides is 2. The van der Waals surface area contributed by atoms with Crippen LogP contribution in [-0.2, 0) is 22.4 Å². The second-order valence-corrected chi connectivity index (χ2v) is 7.82. The van der Waals surface area contributed by atoms with Crippen molar-refractivity contribution in [2.45, 2.75) is 44.1 Å². The van der Waals surface area contributed by atoms with Gasteiger partial charge in [0.05, 0.1) is 6.26 Å². The minimum atomic E-state index is -0.362. The second kappa shape index (κ2) is 8.52. The number of rotatable bonds is 8. The third-order valence-corrected chi connectivity index (χ3v) is 5.75. The summed E-state index contributed by atoms with van der Waals surface area (Å²) < 4.78 is 5.29. The van der Waals surface area contributed by atoms with E-state index in [9.17, 15) is 9.59 Å². The van der Waals surface area contributed by atoms with E-state index in [0.717, 1.165) is 18.6 Å². The SMILES string of the molecule is O=C(CC[C@@]1(Cc2cccc3ccccc23)CCC(=O)N1)NCCc1ccco1. The van der Waals surface area contributed by atoms with Gasteiger partial charge in [0, 0.05) is 31.3 Å². The van der Waals surface area contributed by atoms with Crippen LogP contribution >= 0.6 is 0 Å². The average Bonchev–Trinajstić information content (AvgIpc) is 3.37. The van der Waals surface area contributed by atoms with Crippen molar-refractivity contribution < 1.29 is 14.0 Å². The van der Waals surface area contributed by atoms with Crippen LogP contribution in [0, 0.1) is 0 Å². The van der Waals surface area contributed by atoms with E-state index in [0.29, 0.717) is 32.2 Å². The molecule has 1 aliphatic heterocycles. The number of nitrogens with one attached hydrogen (secondary N) is 2. The summed E-state index contributed by atoms with van der Waals surface area (Å²) in [6, 6.07) is 18.3. The molecule has 150 valence electrons. The van der Waals surface area contributed by atoms with Gasteiger partial charge < -0.3 is 15.1 Å². The molecule has 0 unspecified atom stereocenters. The van der Waals surface area contributed by atoms with E-state index in [1.807, 2.05) is 24.3 Å². The fraction of sp³-hybridized carbons (Fsp3) is 0.333. The molecule has 0 spiro atoms. The predicted octanol–water partition coefficient (Wildman–Crippen LogP) is 3.76. The Morgan fingerprint density at radius 2 is 1.97 bits per heavy atom. The second-order valence-electron chi connectivity index (χ2n) is 7.82. The molecule has 29 heavy (non-hydrogen) atoms. The van der Waals surface area contributed by atoms with Crippen molar-refractivity contribution in [2.75, 3.05) is 6.54 Å². The largest absolute Gasteiger partial charge is 0.469 e. The summed E-state index contributed by atoms with van der Waals surface area (Å²) in [6.45, 7) is 0.551. The third kappa shape index (κ3) is 4.67. The molecule has 1 aromatic heterocycles. The van der Waals surface area contributed by atoms with Gasteiger partial charge in [0.15, 0.2) is 0 Å². The number of benzene rings is 2. The summed E-state index contributed by atoms with van der Waals surface area (Å²) in [4.78, 5) is 24.4. The van der Waals surface area contributed by atoms with Crippen molar-refractivity contribution in [3.8, 4) is 0 Å². The number of carbonyl (C=O) groups is 2. The molecule has 0 radical (unpaired) electrons. The lowest BCUT2D eigenvalue weighted by Gasteiger charge is -2.30. The van der Waals surface area contributed by atoms with Crippen molar-refractivity contribution in [3.05, 3.63) is 72.2 Å². The van der Waals surface area contributed by atoms with Crippen molar-refractivity contribution in [1.82, 2.24) is 10.6 Å². The van der Waals surface area contributed by atoms with Crippen LogP contribution in [0.4, 0.5) is 0 Å². The van der Waals surface area contributed by atoms with E-state index in [2.05, 4.69) is 41.0 Å². The molecular formula is C24H26N2O3. The fourth-order valence-electron chi connectivity index (χ4n) is 4.21. The Kier molecular flexibility index (Phi) is 5.65. The average molecular weight is 390 g/mol. The van der Waals surface area contributed by atoms with Crippen molar-refractivity contribution in [2.24, 2.45) is 0 Å². The van der Waals surface area contributed by atoms with Crippen molar-refractivity contribution in [3.63, 3.8) is 0 Å². The molecule has 1 atom stereocenters. The smallest absolute Gasteiger partial charge is 0.220 e. The Hall–Kier alpha value is -3.08. The lowest BCUT2D eigenvalue weighted by Crippen LogP contribution is -2.44. The van der Waals surface area contributed by atoms with Gasteiger partial charge in [0.25, 0.3) is 0 Å². The molecule has 2 N–H and O–H groups in total. The highest BCUT2D eigenvalue weighted by Crippen LogP contribution is 2.32. The molecule has 0 bridgehead atoms. The van der Waals surface area contributed by atoms with Crippen LogP contribution in [-0.4, -0.2) is 23.9 Å². The van der Waals surface area contributed by atoms with Crippen LogP contribution in [0.15, 0.2) is 65.3 Å². The number of hydrogen-bond donors (Lipinski definition) is 2. The van der Waals surface area contributed by atoms with Gasteiger partial charge in [-0.05, 0) is 47.7 Å². The van der Waals surface area contributed by atoms with Gasteiger partial charge in [0.2, 0.25) is 11.8 Å². The lowest BCUT2D eigenvalue weighted by molar-refractivity contribution is -0.122. The van der Waals surface area contributed by atoms with Gasteiger partial charge in [-0.3, -0.25) is 9.59 Å². The monoisotopic (exact) mass is 390 g/mol. The van der Waals surface area contributed by atoms with Gasteiger partial charge in [0.1, 0.15) is 5.76 Å². The molecule has 3 aromatic rings. The summed E-state index contributed by atoms with van der Waals surface area (Å²) in [6.07, 6.45) is 5.35. The molecular weight excluding hydrogens is 364 g/mol. The van der Waals surface area contributed by atoms with E-state index < -0.39 is 0 Å². The maximum absolute atomic E-state index is 12.4. The highest BCUT2D eigenvalue weighted by Gasteiger charge is 2.38. The first-order valence-corrected chi connectivity index (χ1v) is 10.2. The highest BCUT2D eigenvalue weighted by molar-refractivity contribution is 5.86. The standard InChI is InChI=1S/C24H26N2O3/c27-22(25-15-12-20-8-4-16-29-20)10-13-24(14-11-23(28)26-24)17-19-7-3-6-18-5-1-2-9-21(18)19/h1-9,16H,10-15,17H2,(H,25,27)(H,26,28)/t24-/m0/s1. The Bertz CT molecular complexity index is 991. The van der Waals surface area contributed by atoms with Gasteiger partial charge >= 0.3 is 0 Å². The first kappa shape index (κ1) is 19.2. The molecule has 4 rings (SSSR count). The Labute approximate surface area is 170 Å². The van der Waals surface area contributed by atoms with E-state index in [4.69, 9.17) is 4.42 Å². The quantitative estimate of drug-likeness (QED) is 0.615. The topological polar surface area (TPSA) is 71.3 Å². The summed E-state index contributed by atoms with van der Waals surface area (Å²) in [5.41, 5.74) is 0.850. The van der Waals surface area contributed by atoms with Crippen LogP contribution in [0.2, 0.25) is 0 Å². The zero-order chi connectivity index (χ0) is 20.1. The lowest BCUT2D eigenvalue weighted by atomic mass is 9.83.